The fraction of sp³-hybridized carbons (Fsp3) is 0.900. The van der Waals surface area contributed by atoms with Gasteiger partial charge in [-0.3, -0.25) is 0 Å². The highest BCUT2D eigenvalue weighted by Crippen LogP contribution is 2.34. The molecule has 2 saturated heterocycles. The summed E-state index contributed by atoms with van der Waals surface area (Å²) in [6, 6.07) is -0.269. The van der Waals surface area contributed by atoms with Crippen molar-refractivity contribution in [3.8, 4) is 0 Å². The molecule has 0 amide bonds. The van der Waals surface area contributed by atoms with Gasteiger partial charge in [0.25, 0.3) is 0 Å². The van der Waals surface area contributed by atoms with Crippen molar-refractivity contribution in [2.45, 2.75) is 63.8 Å². The lowest BCUT2D eigenvalue weighted by atomic mass is 9.91. The number of nitrogens with zero attached hydrogens (tertiary/aromatic N) is 4. The van der Waals surface area contributed by atoms with Gasteiger partial charge in [-0.15, -0.1) is 0 Å². The van der Waals surface area contributed by atoms with Crippen molar-refractivity contribution in [1.29, 1.82) is 0 Å². The van der Waals surface area contributed by atoms with Crippen molar-refractivity contribution in [3.63, 3.8) is 0 Å². The van der Waals surface area contributed by atoms with Crippen molar-refractivity contribution in [2.24, 2.45) is 5.92 Å². The first kappa shape index (κ1) is 21.2. The second-order valence-electron chi connectivity index (χ2n) is 8.79. The van der Waals surface area contributed by atoms with Gasteiger partial charge in [-0.2, -0.15) is 9.29 Å². The van der Waals surface area contributed by atoms with Crippen LogP contribution >= 0.6 is 0 Å². The van der Waals surface area contributed by atoms with Crippen molar-refractivity contribution in [1.82, 2.24) is 24.7 Å². The van der Waals surface area contributed by atoms with E-state index in [2.05, 4.69) is 20.4 Å². The van der Waals surface area contributed by atoms with Gasteiger partial charge in [0.15, 0.2) is 5.82 Å². The topological polar surface area (TPSA) is 91.6 Å². The van der Waals surface area contributed by atoms with E-state index in [1.54, 1.807) is 4.31 Å². The molecule has 0 spiro atoms. The van der Waals surface area contributed by atoms with Crippen molar-refractivity contribution < 1.29 is 12.9 Å². The molecular formula is C20H35N5O3S. The molecule has 4 rings (SSSR count). The predicted octanol–water partition coefficient (Wildman–Crippen LogP) is 1.95. The van der Waals surface area contributed by atoms with Crippen LogP contribution in [-0.2, 0) is 16.4 Å². The molecular weight excluding hydrogens is 390 g/mol. The van der Waals surface area contributed by atoms with E-state index in [4.69, 9.17) is 4.52 Å². The minimum absolute atomic E-state index is 0.269. The van der Waals surface area contributed by atoms with Gasteiger partial charge in [-0.25, -0.2) is 8.42 Å². The van der Waals surface area contributed by atoms with Crippen LogP contribution in [-0.4, -0.2) is 72.8 Å². The Morgan fingerprint density at radius 3 is 2.55 bits per heavy atom. The van der Waals surface area contributed by atoms with Crippen LogP contribution in [0.25, 0.3) is 0 Å². The van der Waals surface area contributed by atoms with Crippen LogP contribution in [0.3, 0.4) is 0 Å². The first-order valence-electron chi connectivity index (χ1n) is 11.4. The Hall–Kier alpha value is -1.03. The normalized spacial score (nSPS) is 26.0. The summed E-state index contributed by atoms with van der Waals surface area (Å²) in [5, 5.41) is 7.54. The minimum Gasteiger partial charge on any atom is -0.339 e. The maximum atomic E-state index is 13.2. The van der Waals surface area contributed by atoms with E-state index in [0.29, 0.717) is 30.6 Å². The quantitative estimate of drug-likeness (QED) is 0.714. The van der Waals surface area contributed by atoms with Crippen LogP contribution in [0.4, 0.5) is 0 Å². The van der Waals surface area contributed by atoms with Crippen LogP contribution in [0, 0.1) is 5.92 Å². The van der Waals surface area contributed by atoms with Crippen LogP contribution in [0.1, 0.15) is 69.1 Å². The molecule has 3 heterocycles. The largest absolute Gasteiger partial charge is 0.339 e. The third-order valence-electron chi connectivity index (χ3n) is 6.62. The maximum Gasteiger partial charge on any atom is 0.227 e. The minimum atomic E-state index is -3.30. The molecule has 1 aromatic heterocycles. The Kier molecular flexibility index (Phi) is 7.21. The number of piperazine rings is 1. The lowest BCUT2D eigenvalue weighted by Crippen LogP contribution is -2.44. The number of aromatic nitrogens is 2. The van der Waals surface area contributed by atoms with E-state index in [9.17, 15) is 8.42 Å². The molecule has 0 aromatic carbocycles. The fourth-order valence-corrected chi connectivity index (χ4v) is 7.05. The van der Waals surface area contributed by atoms with Crippen molar-refractivity contribution in [3.05, 3.63) is 11.7 Å². The number of nitrogens with one attached hydrogen (secondary N) is 1. The molecule has 164 valence electrons. The second-order valence-corrected chi connectivity index (χ2v) is 10.8. The van der Waals surface area contributed by atoms with Crippen molar-refractivity contribution >= 4 is 10.0 Å². The van der Waals surface area contributed by atoms with Gasteiger partial charge in [0.2, 0.25) is 15.9 Å². The third kappa shape index (κ3) is 5.57. The predicted molar refractivity (Wildman–Crippen MR) is 111 cm³/mol. The lowest BCUT2D eigenvalue weighted by Gasteiger charge is -2.34. The van der Waals surface area contributed by atoms with Gasteiger partial charge < -0.3 is 14.7 Å². The average molecular weight is 426 g/mol. The molecule has 3 fully saturated rings. The van der Waals surface area contributed by atoms with Gasteiger partial charge in [-0.1, -0.05) is 30.8 Å². The summed E-state index contributed by atoms with van der Waals surface area (Å²) in [6.07, 6.45) is 9.04. The first-order valence-corrected chi connectivity index (χ1v) is 13.0. The van der Waals surface area contributed by atoms with Crippen LogP contribution in [0.5, 0.6) is 0 Å². The molecule has 3 aliphatic rings. The molecule has 0 bridgehead atoms. The Morgan fingerprint density at radius 1 is 1.00 bits per heavy atom. The zero-order valence-electron chi connectivity index (χ0n) is 17.4. The highest BCUT2D eigenvalue weighted by molar-refractivity contribution is 7.89. The van der Waals surface area contributed by atoms with Gasteiger partial charge in [0.1, 0.15) is 0 Å². The van der Waals surface area contributed by atoms with Gasteiger partial charge >= 0.3 is 0 Å². The fourth-order valence-electron chi connectivity index (χ4n) is 4.94. The second kappa shape index (κ2) is 9.85. The summed E-state index contributed by atoms with van der Waals surface area (Å²) >= 11 is 0. The molecule has 1 aliphatic carbocycles. The molecule has 29 heavy (non-hydrogen) atoms. The molecule has 0 radical (unpaired) electrons. The summed E-state index contributed by atoms with van der Waals surface area (Å²) in [4.78, 5) is 6.99. The zero-order valence-corrected chi connectivity index (χ0v) is 18.2. The molecule has 1 atom stereocenters. The summed E-state index contributed by atoms with van der Waals surface area (Å²) < 4.78 is 33.6. The van der Waals surface area contributed by atoms with E-state index in [1.807, 2.05) is 0 Å². The monoisotopic (exact) mass is 425 g/mol. The Bertz CT molecular complexity index is 741. The standard InChI is InChI=1S/C20H35N5O3S/c26-29(27,16-17-6-2-1-3-7-17)25-12-5-4-8-18(25)20-22-19(28-23-20)9-13-24-14-10-21-11-15-24/h17-18,21H,1-16H2. The van der Waals surface area contributed by atoms with Crippen molar-refractivity contribution in [2.75, 3.05) is 45.0 Å². The maximum absolute atomic E-state index is 13.2. The number of rotatable bonds is 7. The summed E-state index contributed by atoms with van der Waals surface area (Å²) in [5.74, 6) is 1.74. The molecule has 1 N–H and O–H groups in total. The number of hydrogen-bond acceptors (Lipinski definition) is 7. The number of sulfonamides is 1. The molecule has 9 heteroatoms. The summed E-state index contributed by atoms with van der Waals surface area (Å²) in [5.41, 5.74) is 0. The van der Waals surface area contributed by atoms with Gasteiger partial charge in [-0.05, 0) is 31.6 Å². The lowest BCUT2D eigenvalue weighted by molar-refractivity contribution is 0.231. The Balaban J connectivity index is 1.39. The van der Waals surface area contributed by atoms with E-state index in [0.717, 1.165) is 77.7 Å². The Morgan fingerprint density at radius 2 is 1.76 bits per heavy atom. The van der Waals surface area contributed by atoms with E-state index in [-0.39, 0.29) is 11.8 Å². The first-order chi connectivity index (χ1) is 14.1. The molecule has 1 unspecified atom stereocenters. The highest BCUT2D eigenvalue weighted by Gasteiger charge is 2.37. The summed E-state index contributed by atoms with van der Waals surface area (Å²) in [6.45, 7) is 5.59. The smallest absolute Gasteiger partial charge is 0.227 e. The highest BCUT2D eigenvalue weighted by atomic mass is 32.2. The van der Waals surface area contributed by atoms with E-state index in [1.165, 1.54) is 6.42 Å². The zero-order chi connectivity index (χ0) is 20.1. The SMILES string of the molecule is O=S(=O)(CC1CCCCC1)N1CCCCC1c1noc(CCN2CCNCC2)n1. The van der Waals surface area contributed by atoms with Crippen LogP contribution < -0.4 is 5.32 Å². The Labute approximate surface area is 174 Å². The third-order valence-corrected chi connectivity index (χ3v) is 8.66. The molecule has 1 saturated carbocycles. The number of hydrogen-bond donors (Lipinski definition) is 1. The van der Waals surface area contributed by atoms with Gasteiger partial charge in [0.05, 0.1) is 11.8 Å². The molecule has 1 aromatic rings. The average Bonchev–Trinajstić information content (AvgIpc) is 3.22. The summed E-state index contributed by atoms with van der Waals surface area (Å²) in [7, 11) is -3.30. The van der Waals surface area contributed by atoms with E-state index >= 15 is 0 Å². The van der Waals surface area contributed by atoms with E-state index < -0.39 is 10.0 Å². The van der Waals surface area contributed by atoms with Gasteiger partial charge in [0, 0.05) is 45.7 Å². The van der Waals surface area contributed by atoms with Crippen LogP contribution in [0.15, 0.2) is 4.52 Å². The van der Waals surface area contributed by atoms with Crippen LogP contribution in [0.2, 0.25) is 0 Å². The number of piperidine rings is 1. The molecule has 2 aliphatic heterocycles. The molecule has 8 nitrogen and oxygen atoms in total.